The highest BCUT2D eigenvalue weighted by Gasteiger charge is 2.33. The zero-order valence-electron chi connectivity index (χ0n) is 18.0. The summed E-state index contributed by atoms with van der Waals surface area (Å²) >= 11 is 5.92. The zero-order chi connectivity index (χ0) is 21.5. The van der Waals surface area contributed by atoms with Crippen molar-refractivity contribution in [3.8, 4) is 0 Å². The predicted octanol–water partition coefficient (Wildman–Crippen LogP) is 4.70. The van der Waals surface area contributed by atoms with Crippen LogP contribution in [0.15, 0.2) is 54.6 Å². The normalized spacial score (nSPS) is 20.2. The standard InChI is InChI=1S/C25H32ClN3O2/c26-22-10-8-20(9-11-22)17-27-25(30)28-15-12-23(13-16-28)29-14-4-7-24(29)19-31-18-21-5-2-1-3-6-21/h1-3,5-6,8-11,23-24H,4,7,12-19H2,(H,27,30)/t24-/m0/s1. The molecule has 2 heterocycles. The smallest absolute Gasteiger partial charge is 0.317 e. The third-order valence-corrected chi connectivity index (χ3v) is 6.67. The van der Waals surface area contributed by atoms with Gasteiger partial charge < -0.3 is 15.0 Å². The van der Waals surface area contributed by atoms with Crippen molar-refractivity contribution in [2.45, 2.75) is 50.9 Å². The summed E-state index contributed by atoms with van der Waals surface area (Å²) in [5, 5.41) is 3.75. The summed E-state index contributed by atoms with van der Waals surface area (Å²) in [5.41, 5.74) is 2.29. The number of benzene rings is 2. The van der Waals surface area contributed by atoms with Gasteiger partial charge >= 0.3 is 6.03 Å². The van der Waals surface area contributed by atoms with E-state index in [-0.39, 0.29) is 6.03 Å². The van der Waals surface area contributed by atoms with E-state index in [4.69, 9.17) is 16.3 Å². The fourth-order valence-corrected chi connectivity index (χ4v) is 4.82. The van der Waals surface area contributed by atoms with Gasteiger partial charge in [0.2, 0.25) is 0 Å². The summed E-state index contributed by atoms with van der Waals surface area (Å²) in [5.74, 6) is 0. The van der Waals surface area contributed by atoms with E-state index >= 15 is 0 Å². The molecule has 2 saturated heterocycles. The molecule has 0 spiro atoms. The molecule has 2 aliphatic rings. The molecule has 2 aliphatic heterocycles. The molecule has 166 valence electrons. The first-order chi connectivity index (χ1) is 15.2. The van der Waals surface area contributed by atoms with Gasteiger partial charge in [0, 0.05) is 36.7 Å². The molecule has 0 saturated carbocycles. The van der Waals surface area contributed by atoms with Crippen LogP contribution >= 0.6 is 11.6 Å². The van der Waals surface area contributed by atoms with Gasteiger partial charge in [-0.3, -0.25) is 4.90 Å². The first kappa shape index (κ1) is 22.1. The molecule has 0 radical (unpaired) electrons. The number of piperidine rings is 1. The second kappa shape index (κ2) is 11.0. The Hall–Kier alpha value is -2.08. The van der Waals surface area contributed by atoms with Crippen molar-refractivity contribution in [2.24, 2.45) is 0 Å². The molecule has 2 fully saturated rings. The minimum Gasteiger partial charge on any atom is -0.375 e. The molecule has 0 aliphatic carbocycles. The Balaban J connectivity index is 1.19. The van der Waals surface area contributed by atoms with Gasteiger partial charge in [-0.15, -0.1) is 0 Å². The lowest BCUT2D eigenvalue weighted by Gasteiger charge is -2.39. The average molecular weight is 442 g/mol. The quantitative estimate of drug-likeness (QED) is 0.677. The van der Waals surface area contributed by atoms with Crippen molar-refractivity contribution in [1.82, 2.24) is 15.1 Å². The van der Waals surface area contributed by atoms with Crippen molar-refractivity contribution >= 4 is 17.6 Å². The molecule has 2 aromatic rings. The number of rotatable bonds is 7. The van der Waals surface area contributed by atoms with Gasteiger partial charge in [0.05, 0.1) is 13.2 Å². The lowest BCUT2D eigenvalue weighted by Crippen LogP contribution is -2.51. The molecule has 1 atom stereocenters. The number of carbonyl (C=O) groups excluding carboxylic acids is 1. The fourth-order valence-electron chi connectivity index (χ4n) is 4.70. The molecular formula is C25H32ClN3O2. The Kier molecular flexibility index (Phi) is 7.84. The van der Waals surface area contributed by atoms with Gasteiger partial charge in [-0.25, -0.2) is 4.79 Å². The number of hydrogen-bond donors (Lipinski definition) is 1. The van der Waals surface area contributed by atoms with Crippen molar-refractivity contribution in [1.29, 1.82) is 0 Å². The maximum absolute atomic E-state index is 12.6. The number of hydrogen-bond acceptors (Lipinski definition) is 3. The predicted molar refractivity (Wildman–Crippen MR) is 124 cm³/mol. The Morgan fingerprint density at radius 2 is 1.71 bits per heavy atom. The Labute approximate surface area is 190 Å². The number of amides is 2. The molecular weight excluding hydrogens is 410 g/mol. The third-order valence-electron chi connectivity index (χ3n) is 6.42. The number of ether oxygens (including phenoxy) is 1. The summed E-state index contributed by atoms with van der Waals surface area (Å²) < 4.78 is 6.04. The van der Waals surface area contributed by atoms with E-state index in [0.29, 0.717) is 30.3 Å². The van der Waals surface area contributed by atoms with Crippen LogP contribution in [0.5, 0.6) is 0 Å². The number of halogens is 1. The first-order valence-corrected chi connectivity index (χ1v) is 11.7. The van der Waals surface area contributed by atoms with Crippen LogP contribution < -0.4 is 5.32 Å². The highest BCUT2D eigenvalue weighted by atomic mass is 35.5. The van der Waals surface area contributed by atoms with Crippen molar-refractivity contribution in [3.63, 3.8) is 0 Å². The van der Waals surface area contributed by atoms with Crippen LogP contribution in [0.4, 0.5) is 4.79 Å². The summed E-state index contributed by atoms with van der Waals surface area (Å²) in [6.45, 7) is 4.76. The molecule has 2 aromatic carbocycles. The minimum absolute atomic E-state index is 0.0255. The summed E-state index contributed by atoms with van der Waals surface area (Å²) in [7, 11) is 0. The van der Waals surface area contributed by atoms with Gasteiger partial charge in [0.15, 0.2) is 0 Å². The largest absolute Gasteiger partial charge is 0.375 e. The number of likely N-dealkylation sites (tertiary alicyclic amines) is 2. The second-order valence-electron chi connectivity index (χ2n) is 8.54. The summed E-state index contributed by atoms with van der Waals surface area (Å²) in [6.07, 6.45) is 4.50. The van der Waals surface area contributed by atoms with E-state index in [1.807, 2.05) is 35.2 Å². The highest BCUT2D eigenvalue weighted by molar-refractivity contribution is 6.30. The van der Waals surface area contributed by atoms with Crippen LogP contribution in [0, 0.1) is 0 Å². The van der Waals surface area contributed by atoms with E-state index in [0.717, 1.165) is 44.6 Å². The number of nitrogens with one attached hydrogen (secondary N) is 1. The van der Waals surface area contributed by atoms with Gasteiger partial charge in [-0.2, -0.15) is 0 Å². The topological polar surface area (TPSA) is 44.8 Å². The number of carbonyl (C=O) groups is 1. The van der Waals surface area contributed by atoms with Crippen molar-refractivity contribution in [2.75, 3.05) is 26.2 Å². The minimum atomic E-state index is 0.0255. The van der Waals surface area contributed by atoms with Crippen LogP contribution in [0.3, 0.4) is 0 Å². The van der Waals surface area contributed by atoms with Gasteiger partial charge in [-0.1, -0.05) is 54.1 Å². The van der Waals surface area contributed by atoms with E-state index in [1.54, 1.807) is 0 Å². The maximum atomic E-state index is 12.6. The second-order valence-corrected chi connectivity index (χ2v) is 8.97. The van der Waals surface area contributed by atoms with Crippen molar-refractivity contribution < 1.29 is 9.53 Å². The fraction of sp³-hybridized carbons (Fsp3) is 0.480. The lowest BCUT2D eigenvalue weighted by atomic mass is 10.0. The van der Waals surface area contributed by atoms with E-state index in [1.165, 1.54) is 18.4 Å². The van der Waals surface area contributed by atoms with E-state index < -0.39 is 0 Å². The third kappa shape index (κ3) is 6.22. The molecule has 31 heavy (non-hydrogen) atoms. The molecule has 0 bridgehead atoms. The van der Waals surface area contributed by atoms with Crippen LogP contribution in [0.2, 0.25) is 5.02 Å². The van der Waals surface area contributed by atoms with Crippen LogP contribution in [0.1, 0.15) is 36.8 Å². The zero-order valence-corrected chi connectivity index (χ0v) is 18.8. The number of urea groups is 1. The van der Waals surface area contributed by atoms with Crippen LogP contribution in [-0.4, -0.2) is 54.2 Å². The molecule has 5 nitrogen and oxygen atoms in total. The summed E-state index contributed by atoms with van der Waals surface area (Å²) in [4.78, 5) is 17.1. The van der Waals surface area contributed by atoms with E-state index in [2.05, 4.69) is 34.5 Å². The van der Waals surface area contributed by atoms with Gasteiger partial charge in [0.25, 0.3) is 0 Å². The maximum Gasteiger partial charge on any atom is 0.317 e. The molecule has 1 N–H and O–H groups in total. The van der Waals surface area contributed by atoms with Crippen LogP contribution in [-0.2, 0) is 17.9 Å². The SMILES string of the molecule is O=C(NCc1ccc(Cl)cc1)N1CCC(N2CCC[C@H]2COCc2ccccc2)CC1. The molecule has 6 heteroatoms. The average Bonchev–Trinajstić information content (AvgIpc) is 3.28. The molecule has 2 amide bonds. The highest BCUT2D eigenvalue weighted by Crippen LogP contribution is 2.26. The molecule has 0 unspecified atom stereocenters. The van der Waals surface area contributed by atoms with Gasteiger partial charge in [0.1, 0.15) is 0 Å². The van der Waals surface area contributed by atoms with E-state index in [9.17, 15) is 4.79 Å². The van der Waals surface area contributed by atoms with Gasteiger partial charge in [-0.05, 0) is 55.5 Å². The van der Waals surface area contributed by atoms with Crippen molar-refractivity contribution in [3.05, 3.63) is 70.7 Å². The first-order valence-electron chi connectivity index (χ1n) is 11.3. The monoisotopic (exact) mass is 441 g/mol. The molecule has 4 rings (SSSR count). The lowest BCUT2D eigenvalue weighted by molar-refractivity contribution is 0.0368. The van der Waals surface area contributed by atoms with Crippen LogP contribution in [0.25, 0.3) is 0 Å². The Morgan fingerprint density at radius 1 is 0.968 bits per heavy atom. The Bertz CT molecular complexity index is 822. The summed E-state index contributed by atoms with van der Waals surface area (Å²) in [6, 6.07) is 19.0. The Morgan fingerprint density at radius 3 is 2.45 bits per heavy atom. The molecule has 0 aromatic heterocycles. The number of nitrogens with zero attached hydrogens (tertiary/aromatic N) is 2.